The van der Waals surface area contributed by atoms with Gasteiger partial charge >= 0.3 is 0 Å². The molecule has 1 aromatic heterocycles. The molecule has 0 unspecified atom stereocenters. The van der Waals surface area contributed by atoms with Crippen molar-refractivity contribution in [2.75, 3.05) is 24.1 Å². The van der Waals surface area contributed by atoms with Gasteiger partial charge in [0.15, 0.2) is 5.13 Å². The van der Waals surface area contributed by atoms with E-state index in [1.165, 1.54) is 0 Å². The van der Waals surface area contributed by atoms with Gasteiger partial charge in [0.25, 0.3) is 0 Å². The van der Waals surface area contributed by atoms with Gasteiger partial charge in [-0.2, -0.15) is 0 Å². The maximum absolute atomic E-state index is 11.7. The minimum atomic E-state index is -3.36. The average Bonchev–Trinajstić information content (AvgIpc) is 2.71. The summed E-state index contributed by atoms with van der Waals surface area (Å²) in [6, 6.07) is 0. The fourth-order valence-electron chi connectivity index (χ4n) is 1.21. The summed E-state index contributed by atoms with van der Waals surface area (Å²) in [7, 11) is -3.36. The molecule has 0 spiro atoms. The van der Waals surface area contributed by atoms with Crippen molar-refractivity contribution in [1.29, 1.82) is 0 Å². The Morgan fingerprint density at radius 2 is 2.15 bits per heavy atom. The number of nitrogens with zero attached hydrogens (tertiary/aromatic N) is 1. The number of sulfonamides is 1. The molecule has 0 aliphatic heterocycles. The number of rotatable bonds is 7. The summed E-state index contributed by atoms with van der Waals surface area (Å²) in [6.07, 6.45) is 1.11. The van der Waals surface area contributed by atoms with Crippen LogP contribution in [0.4, 0.5) is 5.13 Å². The zero-order valence-electron chi connectivity index (χ0n) is 11.6. The predicted molar refractivity (Wildman–Crippen MR) is 78.2 cm³/mol. The van der Waals surface area contributed by atoms with Crippen LogP contribution in [0.25, 0.3) is 0 Å². The Hall–Kier alpha value is -1.19. The summed E-state index contributed by atoms with van der Waals surface area (Å²) in [5.41, 5.74) is 0.126. The molecule has 0 radical (unpaired) electrons. The van der Waals surface area contributed by atoms with Crippen molar-refractivity contribution in [2.24, 2.45) is 5.41 Å². The van der Waals surface area contributed by atoms with Gasteiger partial charge in [0.1, 0.15) is 0 Å². The van der Waals surface area contributed by atoms with Crippen LogP contribution in [0.15, 0.2) is 5.38 Å². The van der Waals surface area contributed by atoms with Crippen LogP contribution < -0.4 is 10.0 Å². The molecule has 7 nitrogen and oxygen atoms in total. The fourth-order valence-corrected chi connectivity index (χ4v) is 2.78. The zero-order valence-corrected chi connectivity index (χ0v) is 13.3. The third-order valence-corrected chi connectivity index (χ3v) is 3.86. The number of aliphatic hydroxyl groups is 1. The average molecular weight is 321 g/mol. The van der Waals surface area contributed by atoms with E-state index in [-0.39, 0.29) is 29.5 Å². The van der Waals surface area contributed by atoms with E-state index in [0.717, 1.165) is 17.6 Å². The van der Waals surface area contributed by atoms with Crippen molar-refractivity contribution in [3.63, 3.8) is 0 Å². The van der Waals surface area contributed by atoms with E-state index < -0.39 is 10.0 Å². The number of hydrogen-bond donors (Lipinski definition) is 3. The first kappa shape index (κ1) is 16.9. The molecule has 1 rings (SSSR count). The monoisotopic (exact) mass is 321 g/mol. The summed E-state index contributed by atoms with van der Waals surface area (Å²) >= 11 is 1.13. The highest BCUT2D eigenvalue weighted by Crippen LogP contribution is 2.17. The van der Waals surface area contributed by atoms with Crippen LogP contribution in [0.2, 0.25) is 0 Å². The molecule has 3 N–H and O–H groups in total. The van der Waals surface area contributed by atoms with Crippen LogP contribution in [0.1, 0.15) is 19.5 Å². The number of aliphatic hydroxyl groups excluding tert-OH is 1. The van der Waals surface area contributed by atoms with Crippen LogP contribution in [-0.2, 0) is 21.2 Å². The molecular formula is C11H19N3O4S2. The van der Waals surface area contributed by atoms with Gasteiger partial charge in [0.05, 0.1) is 18.4 Å². The van der Waals surface area contributed by atoms with Crippen LogP contribution in [0.5, 0.6) is 0 Å². The second-order valence-corrected chi connectivity index (χ2v) is 7.90. The lowest BCUT2D eigenvalue weighted by atomic mass is 9.95. The second kappa shape index (κ2) is 6.51. The first-order chi connectivity index (χ1) is 9.11. The third-order valence-electron chi connectivity index (χ3n) is 2.36. The van der Waals surface area contributed by atoms with E-state index in [2.05, 4.69) is 15.0 Å². The van der Waals surface area contributed by atoms with E-state index in [1.54, 1.807) is 5.38 Å². The molecule has 9 heteroatoms. The van der Waals surface area contributed by atoms with Gasteiger partial charge in [-0.25, -0.2) is 13.4 Å². The molecule has 1 aromatic rings. The number of hydrogen-bond acceptors (Lipinski definition) is 6. The molecule has 20 heavy (non-hydrogen) atoms. The summed E-state index contributed by atoms with van der Waals surface area (Å²) in [5, 5.41) is 13.7. The van der Waals surface area contributed by atoms with Gasteiger partial charge in [-0.15, -0.1) is 11.3 Å². The largest absolute Gasteiger partial charge is 0.396 e. The van der Waals surface area contributed by atoms with Gasteiger partial charge in [-0.3, -0.25) is 9.52 Å². The minimum Gasteiger partial charge on any atom is -0.396 e. The van der Waals surface area contributed by atoms with Gasteiger partial charge < -0.3 is 10.4 Å². The smallest absolute Gasteiger partial charge is 0.231 e. The van der Waals surface area contributed by atoms with E-state index in [9.17, 15) is 13.2 Å². The maximum atomic E-state index is 11.7. The normalized spacial score (nSPS) is 12.2. The lowest BCUT2D eigenvalue weighted by Crippen LogP contribution is -2.36. The van der Waals surface area contributed by atoms with Crippen molar-refractivity contribution in [2.45, 2.75) is 20.3 Å². The Morgan fingerprint density at radius 1 is 1.50 bits per heavy atom. The molecule has 0 saturated carbocycles. The summed E-state index contributed by atoms with van der Waals surface area (Å²) in [6.45, 7) is 4.02. The van der Waals surface area contributed by atoms with E-state index in [4.69, 9.17) is 5.11 Å². The predicted octanol–water partition coefficient (Wildman–Crippen LogP) is 0.192. The van der Waals surface area contributed by atoms with Gasteiger partial charge in [-0.05, 0) is 0 Å². The SMILES string of the molecule is CC(C)(CO)CNC(=O)Cc1csc(NS(C)(=O)=O)n1. The lowest BCUT2D eigenvalue weighted by molar-refractivity contribution is -0.121. The zero-order chi connectivity index (χ0) is 15.4. The topological polar surface area (TPSA) is 108 Å². The van der Waals surface area contributed by atoms with Crippen LogP contribution >= 0.6 is 11.3 Å². The van der Waals surface area contributed by atoms with Gasteiger partial charge in [0, 0.05) is 23.9 Å². The van der Waals surface area contributed by atoms with Crippen molar-refractivity contribution >= 4 is 32.4 Å². The number of thiazole rings is 1. The van der Waals surface area contributed by atoms with Crippen molar-refractivity contribution < 1.29 is 18.3 Å². The van der Waals surface area contributed by atoms with Gasteiger partial charge in [0.2, 0.25) is 15.9 Å². The van der Waals surface area contributed by atoms with E-state index in [1.807, 2.05) is 13.8 Å². The molecule has 0 aliphatic rings. The number of anilines is 1. The Balaban J connectivity index is 2.51. The van der Waals surface area contributed by atoms with Crippen LogP contribution in [0.3, 0.4) is 0 Å². The number of amides is 1. The number of carbonyl (C=O) groups is 1. The number of aromatic nitrogens is 1. The molecule has 0 aromatic carbocycles. The number of nitrogens with one attached hydrogen (secondary N) is 2. The maximum Gasteiger partial charge on any atom is 0.231 e. The molecule has 0 atom stereocenters. The summed E-state index contributed by atoms with van der Waals surface area (Å²) in [4.78, 5) is 15.7. The highest BCUT2D eigenvalue weighted by atomic mass is 32.2. The summed E-state index contributed by atoms with van der Waals surface area (Å²) in [5.74, 6) is -0.220. The second-order valence-electron chi connectivity index (χ2n) is 5.29. The van der Waals surface area contributed by atoms with Gasteiger partial charge in [-0.1, -0.05) is 13.8 Å². The molecule has 1 amide bonds. The lowest BCUT2D eigenvalue weighted by Gasteiger charge is -2.21. The first-order valence-electron chi connectivity index (χ1n) is 5.91. The Bertz CT molecular complexity index is 566. The fraction of sp³-hybridized carbons (Fsp3) is 0.636. The Kier molecular flexibility index (Phi) is 5.49. The Labute approximate surface area is 122 Å². The summed E-state index contributed by atoms with van der Waals surface area (Å²) < 4.78 is 24.3. The van der Waals surface area contributed by atoms with Crippen molar-refractivity contribution in [1.82, 2.24) is 10.3 Å². The molecule has 0 bridgehead atoms. The minimum absolute atomic E-state index is 0.0214. The first-order valence-corrected chi connectivity index (χ1v) is 8.68. The Morgan fingerprint density at radius 3 is 2.70 bits per heavy atom. The molecule has 114 valence electrons. The standard InChI is InChI=1S/C11H19N3O4S2/c1-11(2,7-15)6-12-9(16)4-8-5-19-10(13-8)14-20(3,17)18/h5,15H,4,6-7H2,1-3H3,(H,12,16)(H,13,14). The van der Waals surface area contributed by atoms with Crippen molar-refractivity contribution in [3.8, 4) is 0 Å². The third kappa shape index (κ3) is 6.31. The van der Waals surface area contributed by atoms with Crippen molar-refractivity contribution in [3.05, 3.63) is 11.1 Å². The van der Waals surface area contributed by atoms with E-state index in [0.29, 0.717) is 12.2 Å². The quantitative estimate of drug-likeness (QED) is 0.664. The molecule has 1 heterocycles. The van der Waals surface area contributed by atoms with E-state index >= 15 is 0 Å². The highest BCUT2D eigenvalue weighted by molar-refractivity contribution is 7.92. The van der Waals surface area contributed by atoms with Crippen LogP contribution in [-0.4, -0.2) is 43.8 Å². The molecule has 0 aliphatic carbocycles. The highest BCUT2D eigenvalue weighted by Gasteiger charge is 2.18. The van der Waals surface area contributed by atoms with Crippen LogP contribution in [0, 0.1) is 5.41 Å². The number of carbonyl (C=O) groups excluding carboxylic acids is 1. The molecule has 0 saturated heterocycles. The molecule has 0 fully saturated rings. The molecular weight excluding hydrogens is 302 g/mol.